The number of nitrogens with one attached hydrogen (secondary N) is 1. The minimum Gasteiger partial charge on any atom is -0.335 e. The van der Waals surface area contributed by atoms with E-state index in [9.17, 15) is 4.79 Å². The van der Waals surface area contributed by atoms with Crippen LogP contribution in [-0.4, -0.2) is 29.9 Å². The second-order valence-electron chi connectivity index (χ2n) is 5.77. The van der Waals surface area contributed by atoms with Crippen LogP contribution >= 0.6 is 11.3 Å². The zero-order chi connectivity index (χ0) is 14.5. The first kappa shape index (κ1) is 15.5. The molecule has 1 amide bonds. The quantitative estimate of drug-likeness (QED) is 0.816. The molecule has 0 bridgehead atoms. The molecule has 1 aromatic rings. The van der Waals surface area contributed by atoms with Crippen molar-refractivity contribution in [3.05, 3.63) is 21.9 Å². The Bertz CT molecular complexity index is 441. The van der Waals surface area contributed by atoms with E-state index in [0.717, 1.165) is 32.4 Å². The van der Waals surface area contributed by atoms with E-state index in [2.05, 4.69) is 42.4 Å². The number of amides is 1. The molecule has 0 saturated carbocycles. The minimum absolute atomic E-state index is 0.301. The molecule has 0 spiro atoms. The molecule has 112 valence electrons. The van der Waals surface area contributed by atoms with Crippen LogP contribution in [0.1, 0.15) is 56.5 Å². The van der Waals surface area contributed by atoms with Crippen molar-refractivity contribution in [1.29, 1.82) is 0 Å². The van der Waals surface area contributed by atoms with Gasteiger partial charge in [0.1, 0.15) is 0 Å². The van der Waals surface area contributed by atoms with Gasteiger partial charge < -0.3 is 10.2 Å². The van der Waals surface area contributed by atoms with Crippen LogP contribution < -0.4 is 5.32 Å². The molecule has 1 N–H and O–H groups in total. The van der Waals surface area contributed by atoms with Crippen molar-refractivity contribution in [2.75, 3.05) is 13.1 Å². The average molecular weight is 294 g/mol. The van der Waals surface area contributed by atoms with Gasteiger partial charge in [-0.1, -0.05) is 20.8 Å². The van der Waals surface area contributed by atoms with Crippen LogP contribution in [0, 0.1) is 0 Å². The highest BCUT2D eigenvalue weighted by Gasteiger charge is 2.29. The number of hydrogen-bond donors (Lipinski definition) is 1. The molecule has 4 heteroatoms. The molecule has 3 nitrogen and oxygen atoms in total. The lowest BCUT2D eigenvalue weighted by molar-refractivity contribution is -0.134. The first-order valence-corrected chi connectivity index (χ1v) is 8.60. The maximum atomic E-state index is 12.4. The van der Waals surface area contributed by atoms with Crippen LogP contribution in [0.4, 0.5) is 0 Å². The van der Waals surface area contributed by atoms with Gasteiger partial charge in [-0.25, -0.2) is 0 Å². The Morgan fingerprint density at radius 2 is 2.35 bits per heavy atom. The summed E-state index contributed by atoms with van der Waals surface area (Å²) >= 11 is 1.83. The van der Waals surface area contributed by atoms with Gasteiger partial charge in [-0.2, -0.15) is 0 Å². The molecule has 0 radical (unpaired) electrons. The minimum atomic E-state index is 0.301. The highest BCUT2D eigenvalue weighted by molar-refractivity contribution is 7.10. The molecule has 1 unspecified atom stereocenters. The third-order valence-electron chi connectivity index (χ3n) is 3.92. The van der Waals surface area contributed by atoms with E-state index in [1.807, 2.05) is 11.3 Å². The summed E-state index contributed by atoms with van der Waals surface area (Å²) < 4.78 is 0. The predicted molar refractivity (Wildman–Crippen MR) is 85.1 cm³/mol. The van der Waals surface area contributed by atoms with E-state index < -0.39 is 0 Å². The Kier molecular flexibility index (Phi) is 5.61. The van der Waals surface area contributed by atoms with E-state index in [1.54, 1.807) is 0 Å². The number of thiophene rings is 1. The first-order valence-electron chi connectivity index (χ1n) is 7.72. The third kappa shape index (κ3) is 3.61. The Morgan fingerprint density at radius 3 is 3.05 bits per heavy atom. The number of carbonyl (C=O) groups excluding carboxylic acids is 1. The van der Waals surface area contributed by atoms with E-state index in [-0.39, 0.29) is 0 Å². The maximum Gasteiger partial charge on any atom is 0.223 e. The molecule has 2 rings (SSSR count). The van der Waals surface area contributed by atoms with Crippen molar-refractivity contribution in [1.82, 2.24) is 10.2 Å². The van der Waals surface area contributed by atoms with Gasteiger partial charge in [-0.3, -0.25) is 4.79 Å². The lowest BCUT2D eigenvalue weighted by Gasteiger charge is -2.35. The number of nitrogens with zero attached hydrogens (tertiary/aromatic N) is 1. The molecular weight excluding hydrogens is 268 g/mol. The topological polar surface area (TPSA) is 32.3 Å². The Balaban J connectivity index is 1.90. The summed E-state index contributed by atoms with van der Waals surface area (Å²) in [5.41, 5.74) is 1.39. The van der Waals surface area contributed by atoms with Gasteiger partial charge in [0, 0.05) is 23.9 Å². The molecule has 0 aromatic carbocycles. The molecule has 1 aliphatic heterocycles. The van der Waals surface area contributed by atoms with Crippen molar-refractivity contribution in [2.45, 2.75) is 58.5 Å². The fourth-order valence-corrected chi connectivity index (χ4v) is 3.84. The summed E-state index contributed by atoms with van der Waals surface area (Å²) in [6.07, 6.45) is 3.63. The van der Waals surface area contributed by atoms with E-state index in [0.29, 0.717) is 24.4 Å². The molecule has 0 saturated heterocycles. The molecular formula is C16H26N2OS. The van der Waals surface area contributed by atoms with Crippen molar-refractivity contribution < 1.29 is 4.79 Å². The fraction of sp³-hybridized carbons (Fsp3) is 0.688. The highest BCUT2D eigenvalue weighted by atomic mass is 32.1. The highest BCUT2D eigenvalue weighted by Crippen LogP contribution is 2.35. The summed E-state index contributed by atoms with van der Waals surface area (Å²) in [5.74, 6) is 0.319. The van der Waals surface area contributed by atoms with Gasteiger partial charge >= 0.3 is 0 Å². The number of carbonyl (C=O) groups is 1. The Labute approximate surface area is 126 Å². The lowest BCUT2D eigenvalue weighted by Crippen LogP contribution is -2.39. The molecule has 0 fully saturated rings. The number of rotatable bonds is 6. The fourth-order valence-electron chi connectivity index (χ4n) is 2.91. The monoisotopic (exact) mass is 294 g/mol. The van der Waals surface area contributed by atoms with E-state index in [1.165, 1.54) is 10.4 Å². The summed E-state index contributed by atoms with van der Waals surface area (Å²) in [6.45, 7) is 8.27. The van der Waals surface area contributed by atoms with Gasteiger partial charge in [0.2, 0.25) is 5.91 Å². The standard InChI is InChI=1S/C16H26N2OS/c1-4-14-13-8-11-20-15(13)7-10-18(14)16(19)6-5-9-17-12(2)3/h8,11-12,14,17H,4-7,9-10H2,1-3H3. The molecule has 20 heavy (non-hydrogen) atoms. The van der Waals surface area contributed by atoms with Crippen molar-refractivity contribution >= 4 is 17.2 Å². The van der Waals surface area contributed by atoms with E-state index in [4.69, 9.17) is 0 Å². The normalized spacial score (nSPS) is 18.4. The van der Waals surface area contributed by atoms with Gasteiger partial charge in [-0.05, 0) is 42.8 Å². The van der Waals surface area contributed by atoms with Crippen molar-refractivity contribution in [2.24, 2.45) is 0 Å². The molecule has 1 atom stereocenters. The van der Waals surface area contributed by atoms with Crippen molar-refractivity contribution in [3.8, 4) is 0 Å². The Hall–Kier alpha value is -0.870. The predicted octanol–water partition coefficient (Wildman–Crippen LogP) is 3.36. The largest absolute Gasteiger partial charge is 0.335 e. The van der Waals surface area contributed by atoms with Gasteiger partial charge in [-0.15, -0.1) is 11.3 Å². The zero-order valence-electron chi connectivity index (χ0n) is 12.8. The SMILES string of the molecule is CCC1c2ccsc2CCN1C(=O)CCCNC(C)C. The van der Waals surface area contributed by atoms with Gasteiger partial charge in [0.15, 0.2) is 0 Å². The molecule has 2 heterocycles. The average Bonchev–Trinajstić information content (AvgIpc) is 2.90. The van der Waals surface area contributed by atoms with Gasteiger partial charge in [0.25, 0.3) is 0 Å². The number of fused-ring (bicyclic) bond motifs is 1. The summed E-state index contributed by atoms with van der Waals surface area (Å²) in [7, 11) is 0. The summed E-state index contributed by atoms with van der Waals surface area (Å²) in [6, 6.07) is 3.00. The first-order chi connectivity index (χ1) is 9.63. The Morgan fingerprint density at radius 1 is 1.55 bits per heavy atom. The maximum absolute atomic E-state index is 12.4. The second kappa shape index (κ2) is 7.23. The molecule has 0 aliphatic carbocycles. The molecule has 1 aromatic heterocycles. The van der Waals surface area contributed by atoms with Crippen LogP contribution in [0.25, 0.3) is 0 Å². The van der Waals surface area contributed by atoms with E-state index >= 15 is 0 Å². The zero-order valence-corrected chi connectivity index (χ0v) is 13.6. The third-order valence-corrected chi connectivity index (χ3v) is 4.92. The van der Waals surface area contributed by atoms with Crippen LogP contribution in [0.5, 0.6) is 0 Å². The molecule has 1 aliphatic rings. The summed E-state index contributed by atoms with van der Waals surface area (Å²) in [4.78, 5) is 16.0. The van der Waals surface area contributed by atoms with Crippen LogP contribution in [0.2, 0.25) is 0 Å². The van der Waals surface area contributed by atoms with Crippen LogP contribution in [0.3, 0.4) is 0 Å². The summed E-state index contributed by atoms with van der Waals surface area (Å²) in [5, 5.41) is 5.53. The number of hydrogen-bond acceptors (Lipinski definition) is 3. The van der Waals surface area contributed by atoms with Crippen molar-refractivity contribution in [3.63, 3.8) is 0 Å². The second-order valence-corrected chi connectivity index (χ2v) is 6.77. The van der Waals surface area contributed by atoms with Crippen LogP contribution in [0.15, 0.2) is 11.4 Å². The lowest BCUT2D eigenvalue weighted by atomic mass is 9.97. The smallest absolute Gasteiger partial charge is 0.223 e. The van der Waals surface area contributed by atoms with Gasteiger partial charge in [0.05, 0.1) is 6.04 Å². The van der Waals surface area contributed by atoms with Crippen LogP contribution in [-0.2, 0) is 11.2 Å².